The van der Waals surface area contributed by atoms with Gasteiger partial charge in [-0.3, -0.25) is 4.90 Å². The summed E-state index contributed by atoms with van der Waals surface area (Å²) in [4.78, 5) is 16.8. The predicted molar refractivity (Wildman–Crippen MR) is 96.0 cm³/mol. The quantitative estimate of drug-likeness (QED) is 0.923. The highest BCUT2D eigenvalue weighted by Crippen LogP contribution is 2.33. The molecule has 0 radical (unpaired) electrons. The first-order valence-corrected chi connectivity index (χ1v) is 8.40. The molecule has 0 atom stereocenters. The first kappa shape index (κ1) is 15.0. The number of hydrogen-bond acceptors (Lipinski definition) is 3. The van der Waals surface area contributed by atoms with Gasteiger partial charge in [-0.05, 0) is 36.2 Å². The Balaban J connectivity index is 1.54. The zero-order chi connectivity index (χ0) is 16.4. The molecule has 2 amide bonds. The lowest BCUT2D eigenvalue weighted by atomic mass is 10.1. The number of ether oxygens (including phenoxy) is 1. The first-order chi connectivity index (χ1) is 11.8. The van der Waals surface area contributed by atoms with Gasteiger partial charge < -0.3 is 15.0 Å². The Morgan fingerprint density at radius 3 is 2.58 bits per heavy atom. The molecule has 0 aliphatic carbocycles. The van der Waals surface area contributed by atoms with Gasteiger partial charge in [0.05, 0.1) is 18.9 Å². The van der Waals surface area contributed by atoms with Crippen molar-refractivity contribution in [1.82, 2.24) is 0 Å². The molecule has 24 heavy (non-hydrogen) atoms. The van der Waals surface area contributed by atoms with Crippen LogP contribution in [0.4, 0.5) is 21.9 Å². The Kier molecular flexibility index (Phi) is 4.09. The zero-order valence-electron chi connectivity index (χ0n) is 13.6. The highest BCUT2D eigenvalue weighted by atomic mass is 16.5. The number of nitrogens with zero attached hydrogens (tertiary/aromatic N) is 2. The summed E-state index contributed by atoms with van der Waals surface area (Å²) in [6.07, 6.45) is 0.904. The van der Waals surface area contributed by atoms with Gasteiger partial charge in [0.2, 0.25) is 0 Å². The van der Waals surface area contributed by atoms with E-state index in [-0.39, 0.29) is 6.03 Å². The molecule has 4 rings (SSSR count). The molecule has 2 aromatic rings. The van der Waals surface area contributed by atoms with Crippen molar-refractivity contribution in [2.24, 2.45) is 0 Å². The second-order valence-electron chi connectivity index (χ2n) is 6.11. The van der Waals surface area contributed by atoms with E-state index < -0.39 is 0 Å². The number of morpholine rings is 1. The average molecular weight is 323 g/mol. The molecule has 2 aliphatic heterocycles. The van der Waals surface area contributed by atoms with Crippen LogP contribution in [0.1, 0.15) is 5.56 Å². The summed E-state index contributed by atoms with van der Waals surface area (Å²) in [7, 11) is 0. The van der Waals surface area contributed by atoms with Crippen LogP contribution in [0.3, 0.4) is 0 Å². The fourth-order valence-electron chi connectivity index (χ4n) is 3.31. The molecule has 1 saturated heterocycles. The van der Waals surface area contributed by atoms with E-state index in [9.17, 15) is 4.79 Å². The standard InChI is InChI=1S/C19H21N3O2/c23-19(20-16-4-2-1-3-5-16)22-9-8-15-6-7-17(14-18(15)22)21-10-12-24-13-11-21/h1-7,14H,8-13H2,(H,20,23). The third-order valence-electron chi connectivity index (χ3n) is 4.61. The van der Waals surface area contributed by atoms with Gasteiger partial charge in [0.25, 0.3) is 0 Å². The predicted octanol–water partition coefficient (Wildman–Crippen LogP) is 3.12. The molecule has 2 heterocycles. The van der Waals surface area contributed by atoms with Crippen LogP contribution in [0.5, 0.6) is 0 Å². The molecule has 1 fully saturated rings. The van der Waals surface area contributed by atoms with Crippen LogP contribution in [0, 0.1) is 0 Å². The normalized spacial score (nSPS) is 16.8. The molecule has 0 spiro atoms. The topological polar surface area (TPSA) is 44.8 Å². The number of carbonyl (C=O) groups is 1. The number of urea groups is 1. The molecular formula is C19H21N3O2. The van der Waals surface area contributed by atoms with Gasteiger partial charge in [-0.2, -0.15) is 0 Å². The van der Waals surface area contributed by atoms with Gasteiger partial charge in [0.15, 0.2) is 0 Å². The highest BCUT2D eigenvalue weighted by molar-refractivity contribution is 6.03. The molecular weight excluding hydrogens is 302 g/mol. The number of fused-ring (bicyclic) bond motifs is 1. The average Bonchev–Trinajstić information content (AvgIpc) is 3.06. The third-order valence-corrected chi connectivity index (χ3v) is 4.61. The van der Waals surface area contributed by atoms with Crippen molar-refractivity contribution in [1.29, 1.82) is 0 Å². The van der Waals surface area contributed by atoms with E-state index in [0.29, 0.717) is 0 Å². The summed E-state index contributed by atoms with van der Waals surface area (Å²) < 4.78 is 5.42. The number of amides is 2. The van der Waals surface area contributed by atoms with Crippen LogP contribution < -0.4 is 15.1 Å². The van der Waals surface area contributed by atoms with E-state index in [4.69, 9.17) is 4.74 Å². The minimum atomic E-state index is -0.0703. The fraction of sp³-hybridized carbons (Fsp3) is 0.316. The van der Waals surface area contributed by atoms with Crippen molar-refractivity contribution in [3.05, 3.63) is 54.1 Å². The second kappa shape index (κ2) is 6.53. The second-order valence-corrected chi connectivity index (χ2v) is 6.11. The summed E-state index contributed by atoms with van der Waals surface area (Å²) in [5.74, 6) is 0. The Morgan fingerprint density at radius 1 is 1.00 bits per heavy atom. The molecule has 0 bridgehead atoms. The number of carbonyl (C=O) groups excluding carboxylic acids is 1. The Bertz CT molecular complexity index is 727. The maximum absolute atomic E-state index is 12.6. The van der Waals surface area contributed by atoms with Crippen LogP contribution in [0.25, 0.3) is 0 Å². The smallest absolute Gasteiger partial charge is 0.326 e. The lowest BCUT2D eigenvalue weighted by molar-refractivity contribution is 0.122. The molecule has 1 N–H and O–H groups in total. The van der Waals surface area contributed by atoms with Crippen molar-refractivity contribution in [2.45, 2.75) is 6.42 Å². The maximum Gasteiger partial charge on any atom is 0.326 e. The third kappa shape index (κ3) is 2.95. The van der Waals surface area contributed by atoms with Crippen molar-refractivity contribution < 1.29 is 9.53 Å². The number of nitrogens with one attached hydrogen (secondary N) is 1. The van der Waals surface area contributed by atoms with Gasteiger partial charge in [-0.1, -0.05) is 24.3 Å². The van der Waals surface area contributed by atoms with E-state index >= 15 is 0 Å². The molecule has 5 heteroatoms. The number of hydrogen-bond donors (Lipinski definition) is 1. The fourth-order valence-corrected chi connectivity index (χ4v) is 3.31. The summed E-state index contributed by atoms with van der Waals surface area (Å²) in [6, 6.07) is 16.0. The van der Waals surface area contributed by atoms with Gasteiger partial charge >= 0.3 is 6.03 Å². The van der Waals surface area contributed by atoms with E-state index in [1.165, 1.54) is 5.56 Å². The monoisotopic (exact) mass is 323 g/mol. The van der Waals surface area contributed by atoms with Crippen molar-refractivity contribution in [3.63, 3.8) is 0 Å². The molecule has 0 aromatic heterocycles. The Labute approximate surface area is 141 Å². The highest BCUT2D eigenvalue weighted by Gasteiger charge is 2.26. The van der Waals surface area contributed by atoms with Gasteiger partial charge in [-0.25, -0.2) is 4.79 Å². The lowest BCUT2D eigenvalue weighted by Crippen LogP contribution is -2.36. The summed E-state index contributed by atoms with van der Waals surface area (Å²) in [6.45, 7) is 4.04. The van der Waals surface area contributed by atoms with Gasteiger partial charge in [0.1, 0.15) is 0 Å². The Morgan fingerprint density at radius 2 is 1.79 bits per heavy atom. The largest absolute Gasteiger partial charge is 0.378 e. The van der Waals surface area contributed by atoms with E-state index in [2.05, 4.69) is 28.4 Å². The Hall–Kier alpha value is -2.53. The molecule has 5 nitrogen and oxygen atoms in total. The van der Waals surface area contributed by atoms with Crippen LogP contribution >= 0.6 is 0 Å². The molecule has 0 unspecified atom stereocenters. The van der Waals surface area contributed by atoms with Crippen LogP contribution in [-0.4, -0.2) is 38.9 Å². The van der Waals surface area contributed by atoms with Crippen molar-refractivity contribution >= 4 is 23.1 Å². The van der Waals surface area contributed by atoms with E-state index in [1.807, 2.05) is 35.2 Å². The number of benzene rings is 2. The molecule has 2 aromatic carbocycles. The maximum atomic E-state index is 12.6. The van der Waals surface area contributed by atoms with Crippen molar-refractivity contribution in [2.75, 3.05) is 48.0 Å². The zero-order valence-corrected chi connectivity index (χ0v) is 13.6. The SMILES string of the molecule is O=C(Nc1ccccc1)N1CCc2ccc(N3CCOCC3)cc21. The van der Waals surface area contributed by atoms with E-state index in [0.717, 1.165) is 56.3 Å². The lowest BCUT2D eigenvalue weighted by Gasteiger charge is -2.29. The van der Waals surface area contributed by atoms with Crippen LogP contribution in [0.15, 0.2) is 48.5 Å². The van der Waals surface area contributed by atoms with Crippen molar-refractivity contribution in [3.8, 4) is 0 Å². The minimum Gasteiger partial charge on any atom is -0.378 e. The van der Waals surface area contributed by atoms with Crippen LogP contribution in [-0.2, 0) is 11.2 Å². The van der Waals surface area contributed by atoms with Gasteiger partial charge in [-0.15, -0.1) is 0 Å². The summed E-state index contributed by atoms with van der Waals surface area (Å²) in [5, 5.41) is 2.98. The first-order valence-electron chi connectivity index (χ1n) is 8.40. The molecule has 0 saturated carbocycles. The van der Waals surface area contributed by atoms with Crippen LogP contribution in [0.2, 0.25) is 0 Å². The molecule has 2 aliphatic rings. The van der Waals surface area contributed by atoms with E-state index in [1.54, 1.807) is 0 Å². The number of para-hydroxylation sites is 1. The molecule has 124 valence electrons. The minimum absolute atomic E-state index is 0.0703. The number of anilines is 3. The number of rotatable bonds is 2. The van der Waals surface area contributed by atoms with Gasteiger partial charge in [0, 0.05) is 31.0 Å². The summed E-state index contributed by atoms with van der Waals surface area (Å²) in [5.41, 5.74) is 4.24. The summed E-state index contributed by atoms with van der Waals surface area (Å²) >= 11 is 0.